The molecule has 0 aromatic heterocycles. The van der Waals surface area contributed by atoms with Gasteiger partial charge in [0.1, 0.15) is 0 Å². The van der Waals surface area contributed by atoms with Gasteiger partial charge in [0.25, 0.3) is 0 Å². The number of aliphatic carboxylic acids is 2. The van der Waals surface area contributed by atoms with Gasteiger partial charge in [-0.05, 0) is 5.92 Å². The number of nitrogens with two attached hydrogens (primary N) is 1. The molecule has 1 saturated carbocycles. The number of carboxylic acids is 2. The molecular formula is C12H18N2O7S. The van der Waals surface area contributed by atoms with Crippen LogP contribution in [0.2, 0.25) is 0 Å². The molecule has 0 aromatic carbocycles. The van der Waals surface area contributed by atoms with E-state index in [9.17, 15) is 27.9 Å². The molecule has 0 aromatic rings. The third kappa shape index (κ3) is 2.26. The second kappa shape index (κ2) is 4.92. The number of hydrogen-bond acceptors (Lipinski definition) is 6. The maximum absolute atomic E-state index is 12.1. The van der Waals surface area contributed by atoms with E-state index in [1.165, 1.54) is 0 Å². The Morgan fingerprint density at radius 1 is 1.27 bits per heavy atom. The molecule has 1 aliphatic heterocycles. The number of carboxylic acid groups (broad SMARTS) is 2. The summed E-state index contributed by atoms with van der Waals surface area (Å²) in [6.45, 7) is 3.31. The van der Waals surface area contributed by atoms with Crippen LogP contribution in [0.1, 0.15) is 13.8 Å². The van der Waals surface area contributed by atoms with Crippen LogP contribution in [0.4, 0.5) is 0 Å². The largest absolute Gasteiger partial charge is 0.481 e. The number of sulfone groups is 1. The smallest absolute Gasteiger partial charge is 0.330 e. The zero-order chi connectivity index (χ0) is 17.0. The summed E-state index contributed by atoms with van der Waals surface area (Å²) in [6.07, 6.45) is 0. The van der Waals surface area contributed by atoms with Gasteiger partial charge in [-0.3, -0.25) is 9.59 Å². The lowest BCUT2D eigenvalue weighted by Crippen LogP contribution is -2.62. The fraction of sp³-hybridized carbons (Fsp3) is 0.750. The lowest BCUT2D eigenvalue weighted by Gasteiger charge is -2.29. The Hall–Kier alpha value is -1.68. The fourth-order valence-corrected chi connectivity index (χ4v) is 5.81. The zero-order valence-corrected chi connectivity index (χ0v) is 12.8. The second-order valence-electron chi connectivity index (χ2n) is 6.20. The van der Waals surface area contributed by atoms with Crippen molar-refractivity contribution in [2.24, 2.45) is 23.5 Å². The first kappa shape index (κ1) is 16.7. The normalized spacial score (nSPS) is 36.5. The van der Waals surface area contributed by atoms with Gasteiger partial charge in [-0.2, -0.15) is 0 Å². The van der Waals surface area contributed by atoms with E-state index in [2.05, 4.69) is 5.32 Å². The maximum atomic E-state index is 12.1. The molecule has 2 rings (SSSR count). The molecule has 5 atom stereocenters. The van der Waals surface area contributed by atoms with Crippen molar-refractivity contribution in [1.29, 1.82) is 0 Å². The Balaban J connectivity index is 2.37. The Morgan fingerprint density at radius 2 is 1.82 bits per heavy atom. The van der Waals surface area contributed by atoms with Gasteiger partial charge < -0.3 is 21.3 Å². The lowest BCUT2D eigenvalue weighted by atomic mass is 9.92. The molecule has 2 fully saturated rings. The molecule has 124 valence electrons. The molecule has 1 amide bonds. The number of amides is 1. The van der Waals surface area contributed by atoms with Crippen LogP contribution in [0.15, 0.2) is 0 Å². The van der Waals surface area contributed by atoms with Gasteiger partial charge in [0.2, 0.25) is 5.91 Å². The third-order valence-electron chi connectivity index (χ3n) is 4.40. The quantitative estimate of drug-likeness (QED) is 0.450. The first-order valence-electron chi connectivity index (χ1n) is 6.71. The van der Waals surface area contributed by atoms with E-state index in [0.29, 0.717) is 0 Å². The zero-order valence-electron chi connectivity index (χ0n) is 12.0. The van der Waals surface area contributed by atoms with E-state index in [1.807, 2.05) is 0 Å². The highest BCUT2D eigenvalue weighted by Crippen LogP contribution is 2.57. The monoisotopic (exact) mass is 334 g/mol. The van der Waals surface area contributed by atoms with Crippen molar-refractivity contribution in [3.8, 4) is 0 Å². The molecular weight excluding hydrogens is 316 g/mol. The molecule has 5 N–H and O–H groups in total. The number of carbonyl (C=O) groups is 3. The molecule has 0 radical (unpaired) electrons. The Bertz CT molecular complexity index is 644. The summed E-state index contributed by atoms with van der Waals surface area (Å²) in [5, 5.41) is 19.4. The molecule has 1 aliphatic carbocycles. The molecule has 9 nitrogen and oxygen atoms in total. The van der Waals surface area contributed by atoms with Crippen LogP contribution < -0.4 is 11.1 Å². The number of nitrogens with one attached hydrogen (secondary N) is 1. The van der Waals surface area contributed by atoms with E-state index in [0.717, 1.165) is 0 Å². The molecule has 1 heterocycles. The van der Waals surface area contributed by atoms with Gasteiger partial charge in [0, 0.05) is 5.92 Å². The summed E-state index contributed by atoms with van der Waals surface area (Å²) in [5.74, 6) is -7.33. The summed E-state index contributed by atoms with van der Waals surface area (Å²) >= 11 is 0. The van der Waals surface area contributed by atoms with Crippen molar-refractivity contribution in [1.82, 2.24) is 5.32 Å². The highest BCUT2D eigenvalue weighted by molar-refractivity contribution is 7.92. The van der Waals surface area contributed by atoms with E-state index in [1.54, 1.807) is 13.8 Å². The lowest BCUT2D eigenvalue weighted by molar-refractivity contribution is -0.148. The number of rotatable bonds is 5. The van der Waals surface area contributed by atoms with Crippen molar-refractivity contribution in [2.75, 3.05) is 5.75 Å². The molecule has 22 heavy (non-hydrogen) atoms. The maximum Gasteiger partial charge on any atom is 0.330 e. The number of carbonyl (C=O) groups excluding carboxylic acids is 1. The van der Waals surface area contributed by atoms with Gasteiger partial charge in [-0.15, -0.1) is 0 Å². The average molecular weight is 334 g/mol. The van der Waals surface area contributed by atoms with Gasteiger partial charge in [0.05, 0.1) is 23.0 Å². The van der Waals surface area contributed by atoms with Crippen LogP contribution in [0.3, 0.4) is 0 Å². The molecule has 2 aliphatic rings. The highest BCUT2D eigenvalue weighted by atomic mass is 32.2. The first-order valence-corrected chi connectivity index (χ1v) is 8.42. The minimum absolute atomic E-state index is 0.283. The van der Waals surface area contributed by atoms with Crippen molar-refractivity contribution < 1.29 is 33.0 Å². The average Bonchev–Trinajstić information content (AvgIpc) is 3.08. The molecule has 10 heteroatoms. The summed E-state index contributed by atoms with van der Waals surface area (Å²) in [4.78, 5) is 34.8. The van der Waals surface area contributed by atoms with Crippen LogP contribution >= 0.6 is 0 Å². The molecule has 0 spiro atoms. The van der Waals surface area contributed by atoms with E-state index >= 15 is 0 Å². The Labute approximate surface area is 126 Å². The van der Waals surface area contributed by atoms with Gasteiger partial charge in [-0.1, -0.05) is 13.8 Å². The number of hydrogen-bond donors (Lipinski definition) is 4. The topological polar surface area (TPSA) is 164 Å². The first-order chi connectivity index (χ1) is 9.95. The van der Waals surface area contributed by atoms with Gasteiger partial charge in [0.15, 0.2) is 15.4 Å². The predicted octanol–water partition coefficient (Wildman–Crippen LogP) is -1.96. The van der Waals surface area contributed by atoms with Gasteiger partial charge in [-0.25, -0.2) is 13.2 Å². The third-order valence-corrected chi connectivity index (χ3v) is 6.67. The molecule has 1 saturated heterocycles. The van der Waals surface area contributed by atoms with E-state index in [4.69, 9.17) is 10.8 Å². The van der Waals surface area contributed by atoms with Crippen LogP contribution in [0, 0.1) is 17.8 Å². The summed E-state index contributed by atoms with van der Waals surface area (Å²) in [6, 6.07) is -1.01. The van der Waals surface area contributed by atoms with E-state index < -0.39 is 62.1 Å². The molecule has 0 bridgehead atoms. The summed E-state index contributed by atoms with van der Waals surface area (Å²) in [5.41, 5.74) is 3.52. The van der Waals surface area contributed by atoms with Gasteiger partial charge >= 0.3 is 11.9 Å². The standard InChI is InChI=1S/C12H18N2O7S/c1-4(2)7(13)9(15)14-12(11(18)19)3-22(20,21)8-5(6(8)12)10(16)17/h4-8H,3,13H2,1-2H3,(H,14,15)(H,16,17)(H,18,19)/t5-,6-,7?,8+,12+/m1/s1. The van der Waals surface area contributed by atoms with Crippen molar-refractivity contribution in [3.05, 3.63) is 0 Å². The second-order valence-corrected chi connectivity index (χ2v) is 8.36. The van der Waals surface area contributed by atoms with Crippen LogP contribution in [-0.2, 0) is 24.2 Å². The van der Waals surface area contributed by atoms with Crippen molar-refractivity contribution in [3.63, 3.8) is 0 Å². The molecule has 1 unspecified atom stereocenters. The van der Waals surface area contributed by atoms with Crippen LogP contribution in [0.25, 0.3) is 0 Å². The van der Waals surface area contributed by atoms with E-state index in [-0.39, 0.29) is 5.92 Å². The minimum atomic E-state index is -3.91. The summed E-state index contributed by atoms with van der Waals surface area (Å²) < 4.78 is 24.0. The Morgan fingerprint density at radius 3 is 2.18 bits per heavy atom. The van der Waals surface area contributed by atoms with Crippen molar-refractivity contribution in [2.45, 2.75) is 30.7 Å². The van der Waals surface area contributed by atoms with Crippen molar-refractivity contribution >= 4 is 27.7 Å². The Kier molecular flexibility index (Phi) is 3.73. The minimum Gasteiger partial charge on any atom is -0.481 e. The van der Waals surface area contributed by atoms with Crippen LogP contribution in [0.5, 0.6) is 0 Å². The SMILES string of the molecule is CC(C)C(N)C(=O)N[C@@]1(C(=O)O)CS(=O)(=O)[C@H]2[C@H](C(=O)O)[C@H]21. The summed E-state index contributed by atoms with van der Waals surface area (Å²) in [7, 11) is -3.91. The van der Waals surface area contributed by atoms with Crippen LogP contribution in [-0.4, -0.2) is 59.1 Å². The predicted molar refractivity (Wildman–Crippen MR) is 73.5 cm³/mol. The highest BCUT2D eigenvalue weighted by Gasteiger charge is 2.79. The fourth-order valence-electron chi connectivity index (χ4n) is 3.10. The number of fused-ring (bicyclic) bond motifs is 1.